The van der Waals surface area contributed by atoms with E-state index in [0.29, 0.717) is 0 Å². The first-order chi connectivity index (χ1) is 8.22. The number of aliphatic hydroxyl groups is 1. The smallest absolute Gasteiger partial charge is 0.242 e. The van der Waals surface area contributed by atoms with Crippen LogP contribution in [0.4, 0.5) is 0 Å². The van der Waals surface area contributed by atoms with Crippen molar-refractivity contribution >= 4 is 5.91 Å². The predicted octanol–water partition coefficient (Wildman–Crippen LogP) is -0.310. The molecule has 17 heavy (non-hydrogen) atoms. The van der Waals surface area contributed by atoms with Crippen molar-refractivity contribution < 1.29 is 14.6 Å². The fourth-order valence-electron chi connectivity index (χ4n) is 2.65. The van der Waals surface area contributed by atoms with E-state index in [9.17, 15) is 9.90 Å². The average Bonchev–Trinajstić information content (AvgIpc) is 2.77. The van der Waals surface area contributed by atoms with Crippen LogP contribution < -0.4 is 0 Å². The van der Waals surface area contributed by atoms with Crippen molar-refractivity contribution in [3.63, 3.8) is 0 Å². The molecule has 2 rings (SSSR count). The van der Waals surface area contributed by atoms with Gasteiger partial charge in [0.15, 0.2) is 0 Å². The van der Waals surface area contributed by atoms with E-state index in [1.54, 1.807) is 11.9 Å². The molecular weight excluding hydrogens is 220 g/mol. The maximum Gasteiger partial charge on any atom is 0.242 e. The van der Waals surface area contributed by atoms with Crippen molar-refractivity contribution in [1.82, 2.24) is 9.80 Å². The summed E-state index contributed by atoms with van der Waals surface area (Å²) >= 11 is 0. The molecule has 0 saturated carbocycles. The largest absolute Gasteiger partial charge is 0.394 e. The summed E-state index contributed by atoms with van der Waals surface area (Å²) in [5, 5.41) is 9.42. The Balaban J connectivity index is 1.99. The summed E-state index contributed by atoms with van der Waals surface area (Å²) in [4.78, 5) is 15.8. The summed E-state index contributed by atoms with van der Waals surface area (Å²) in [6.45, 7) is 3.13. The quantitative estimate of drug-likeness (QED) is 0.737. The van der Waals surface area contributed by atoms with Crippen molar-refractivity contribution in [1.29, 1.82) is 0 Å². The molecular formula is C12H22N2O3. The highest BCUT2D eigenvalue weighted by molar-refractivity contribution is 5.82. The molecule has 2 aliphatic heterocycles. The molecule has 2 atom stereocenters. The Morgan fingerprint density at radius 2 is 2.24 bits per heavy atom. The highest BCUT2D eigenvalue weighted by Crippen LogP contribution is 2.17. The van der Waals surface area contributed by atoms with Gasteiger partial charge in [-0.1, -0.05) is 0 Å². The highest BCUT2D eigenvalue weighted by atomic mass is 16.5. The van der Waals surface area contributed by atoms with E-state index in [1.807, 2.05) is 0 Å². The van der Waals surface area contributed by atoms with Crippen molar-refractivity contribution in [2.45, 2.75) is 31.4 Å². The first kappa shape index (κ1) is 12.8. The van der Waals surface area contributed by atoms with Gasteiger partial charge < -0.3 is 14.7 Å². The molecule has 0 aromatic carbocycles. The Kier molecular flexibility index (Phi) is 4.36. The van der Waals surface area contributed by atoms with Gasteiger partial charge in [-0.05, 0) is 19.3 Å². The normalized spacial score (nSPS) is 31.9. The first-order valence-electron chi connectivity index (χ1n) is 6.44. The average molecular weight is 242 g/mol. The third kappa shape index (κ3) is 2.97. The summed E-state index contributed by atoms with van der Waals surface area (Å²) in [6, 6.07) is -0.383. The van der Waals surface area contributed by atoms with Crippen molar-refractivity contribution in [2.75, 3.05) is 39.9 Å². The van der Waals surface area contributed by atoms with E-state index >= 15 is 0 Å². The summed E-state index contributed by atoms with van der Waals surface area (Å²) in [5.74, 6) is 0.0306. The molecule has 1 N–H and O–H groups in total. The number of carbonyl (C=O) groups excluding carboxylic acids is 1. The van der Waals surface area contributed by atoms with Gasteiger partial charge in [-0.2, -0.15) is 0 Å². The molecule has 5 heteroatoms. The number of ether oxygens (including phenoxy) is 1. The second-order valence-corrected chi connectivity index (χ2v) is 4.94. The van der Waals surface area contributed by atoms with Gasteiger partial charge in [0.25, 0.3) is 0 Å². The van der Waals surface area contributed by atoms with Crippen LogP contribution in [-0.4, -0.2) is 72.9 Å². The molecule has 2 heterocycles. The minimum absolute atomic E-state index is 0.0306. The van der Waals surface area contributed by atoms with Gasteiger partial charge in [-0.15, -0.1) is 0 Å². The molecule has 2 aliphatic rings. The van der Waals surface area contributed by atoms with Crippen molar-refractivity contribution in [3.8, 4) is 0 Å². The Morgan fingerprint density at radius 3 is 2.88 bits per heavy atom. The van der Waals surface area contributed by atoms with E-state index in [-0.39, 0.29) is 24.7 Å². The first-order valence-corrected chi connectivity index (χ1v) is 6.44. The molecule has 2 saturated heterocycles. The summed E-state index contributed by atoms with van der Waals surface area (Å²) in [7, 11) is 1.81. The summed E-state index contributed by atoms with van der Waals surface area (Å²) in [5.41, 5.74) is 0. The third-order valence-corrected chi connectivity index (χ3v) is 3.68. The van der Waals surface area contributed by atoms with Gasteiger partial charge in [-0.3, -0.25) is 9.69 Å². The number of nitrogens with zero attached hydrogens (tertiary/aromatic N) is 2. The molecule has 0 aliphatic carbocycles. The van der Waals surface area contributed by atoms with Crippen molar-refractivity contribution in [3.05, 3.63) is 0 Å². The number of amides is 1. The van der Waals surface area contributed by atoms with Crippen LogP contribution in [0.5, 0.6) is 0 Å². The molecule has 2 fully saturated rings. The molecule has 2 unspecified atom stereocenters. The number of hydrogen-bond donors (Lipinski definition) is 1. The van der Waals surface area contributed by atoms with Crippen LogP contribution in [0.2, 0.25) is 0 Å². The number of hydrogen-bond acceptors (Lipinski definition) is 4. The highest BCUT2D eigenvalue weighted by Gasteiger charge is 2.32. The van der Waals surface area contributed by atoms with Crippen LogP contribution in [0, 0.1) is 0 Å². The Bertz CT molecular complexity index is 266. The van der Waals surface area contributed by atoms with Crippen LogP contribution in [0.1, 0.15) is 19.3 Å². The monoisotopic (exact) mass is 242 g/mol. The van der Waals surface area contributed by atoms with Gasteiger partial charge >= 0.3 is 0 Å². The lowest BCUT2D eigenvalue weighted by molar-refractivity contribution is -0.136. The third-order valence-electron chi connectivity index (χ3n) is 3.68. The molecule has 5 nitrogen and oxygen atoms in total. The van der Waals surface area contributed by atoms with E-state index in [0.717, 1.165) is 45.5 Å². The fraction of sp³-hybridized carbons (Fsp3) is 0.917. The number of carbonyl (C=O) groups is 1. The molecule has 0 aromatic heterocycles. The lowest BCUT2D eigenvalue weighted by Crippen LogP contribution is -2.49. The minimum Gasteiger partial charge on any atom is -0.394 e. The Hall–Kier alpha value is -0.650. The van der Waals surface area contributed by atoms with Crippen molar-refractivity contribution in [2.24, 2.45) is 0 Å². The molecule has 98 valence electrons. The number of aliphatic hydroxyl groups excluding tert-OH is 1. The van der Waals surface area contributed by atoms with Gasteiger partial charge in [0.1, 0.15) is 6.04 Å². The Labute approximate surface area is 102 Å². The number of likely N-dealkylation sites (N-methyl/N-ethyl adjacent to an activating group) is 1. The lowest BCUT2D eigenvalue weighted by Gasteiger charge is -2.29. The van der Waals surface area contributed by atoms with Crippen LogP contribution in [0.3, 0.4) is 0 Å². The van der Waals surface area contributed by atoms with E-state index in [4.69, 9.17) is 4.74 Å². The van der Waals surface area contributed by atoms with Gasteiger partial charge in [-0.25, -0.2) is 0 Å². The topological polar surface area (TPSA) is 53.0 Å². The Morgan fingerprint density at radius 1 is 1.41 bits per heavy atom. The SMILES string of the molecule is CN1CCCN(CC2CCCO2)C(CO)C1=O. The van der Waals surface area contributed by atoms with Crippen LogP contribution >= 0.6 is 0 Å². The second kappa shape index (κ2) is 5.80. The van der Waals surface area contributed by atoms with Crippen LogP contribution in [-0.2, 0) is 9.53 Å². The summed E-state index contributed by atoms with van der Waals surface area (Å²) in [6.07, 6.45) is 3.38. The van der Waals surface area contributed by atoms with E-state index in [1.165, 1.54) is 0 Å². The minimum atomic E-state index is -0.383. The van der Waals surface area contributed by atoms with Gasteiger partial charge in [0, 0.05) is 33.3 Å². The van der Waals surface area contributed by atoms with Gasteiger partial charge in [0.2, 0.25) is 5.91 Å². The maximum absolute atomic E-state index is 12.0. The summed E-state index contributed by atoms with van der Waals surface area (Å²) < 4.78 is 5.60. The number of rotatable bonds is 3. The second-order valence-electron chi connectivity index (χ2n) is 4.94. The molecule has 0 bridgehead atoms. The fourth-order valence-corrected chi connectivity index (χ4v) is 2.65. The lowest BCUT2D eigenvalue weighted by atomic mass is 10.2. The zero-order chi connectivity index (χ0) is 12.3. The molecule has 0 spiro atoms. The molecule has 0 radical (unpaired) electrons. The molecule has 1 amide bonds. The van der Waals surface area contributed by atoms with Crippen LogP contribution in [0.15, 0.2) is 0 Å². The zero-order valence-corrected chi connectivity index (χ0v) is 10.5. The zero-order valence-electron chi connectivity index (χ0n) is 10.5. The van der Waals surface area contributed by atoms with E-state index in [2.05, 4.69) is 4.90 Å². The predicted molar refractivity (Wildman–Crippen MR) is 63.7 cm³/mol. The van der Waals surface area contributed by atoms with E-state index < -0.39 is 0 Å². The standard InChI is InChI=1S/C12H22N2O3/c1-13-5-3-6-14(11(9-15)12(13)16)8-10-4-2-7-17-10/h10-11,15H,2-9H2,1H3. The maximum atomic E-state index is 12.0. The van der Waals surface area contributed by atoms with Gasteiger partial charge in [0.05, 0.1) is 12.7 Å². The van der Waals surface area contributed by atoms with Crippen LogP contribution in [0.25, 0.3) is 0 Å². The molecule has 0 aromatic rings.